The van der Waals surface area contributed by atoms with Crippen LogP contribution in [0, 0.1) is 17.2 Å². The fraction of sp³-hybridized carbons (Fsp3) is 0.389. The summed E-state index contributed by atoms with van der Waals surface area (Å²) >= 11 is 0. The number of H-pyrrole nitrogens is 1. The van der Waals surface area contributed by atoms with Gasteiger partial charge in [0.2, 0.25) is 11.8 Å². The van der Waals surface area contributed by atoms with E-state index in [0.717, 1.165) is 25.7 Å². The second kappa shape index (κ2) is 7.07. The number of imidazole rings is 1. The summed E-state index contributed by atoms with van der Waals surface area (Å²) in [5.41, 5.74) is 1.40. The van der Waals surface area contributed by atoms with Gasteiger partial charge in [0.25, 0.3) is 0 Å². The average molecular weight is 365 g/mol. The molecule has 0 aromatic carbocycles. The largest absolute Gasteiger partial charge is 0.480 e. The normalized spacial score (nSPS) is 19.6. The van der Waals surface area contributed by atoms with Crippen molar-refractivity contribution in [1.82, 2.24) is 24.5 Å². The predicted octanol–water partition coefficient (Wildman–Crippen LogP) is 2.52. The molecule has 9 heteroatoms. The molecular weight excluding hydrogens is 346 g/mol. The van der Waals surface area contributed by atoms with Gasteiger partial charge in [-0.2, -0.15) is 10.2 Å². The van der Waals surface area contributed by atoms with Gasteiger partial charge in [0.15, 0.2) is 5.65 Å². The molecule has 1 aliphatic rings. The van der Waals surface area contributed by atoms with Crippen molar-refractivity contribution in [2.24, 2.45) is 5.92 Å². The van der Waals surface area contributed by atoms with E-state index in [1.165, 1.54) is 7.11 Å². The van der Waals surface area contributed by atoms with E-state index in [9.17, 15) is 10.1 Å². The maximum atomic E-state index is 12.5. The smallest absolute Gasteiger partial charge is 0.328 e. The number of nitriles is 1. The lowest BCUT2D eigenvalue weighted by molar-refractivity contribution is 0.289. The summed E-state index contributed by atoms with van der Waals surface area (Å²) < 4.78 is 6.84. The Hall–Kier alpha value is -3.41. The zero-order valence-corrected chi connectivity index (χ0v) is 14.8. The van der Waals surface area contributed by atoms with Gasteiger partial charge in [-0.3, -0.25) is 4.57 Å². The molecule has 0 spiro atoms. The van der Waals surface area contributed by atoms with Crippen LogP contribution in [0.3, 0.4) is 0 Å². The van der Waals surface area contributed by atoms with Gasteiger partial charge in [-0.25, -0.2) is 14.8 Å². The van der Waals surface area contributed by atoms with Gasteiger partial charge in [0.05, 0.1) is 31.3 Å². The number of aromatic amines is 1. The van der Waals surface area contributed by atoms with Crippen LogP contribution in [-0.2, 0) is 0 Å². The molecule has 138 valence electrons. The van der Waals surface area contributed by atoms with Crippen LogP contribution in [0.4, 0.5) is 11.6 Å². The number of nitrogens with zero attached hydrogens (tertiary/aromatic N) is 5. The molecule has 4 rings (SSSR count). The minimum absolute atomic E-state index is 0.180. The fourth-order valence-electron chi connectivity index (χ4n) is 3.62. The number of hydrogen-bond donors (Lipinski definition) is 2. The van der Waals surface area contributed by atoms with Crippen LogP contribution in [0.5, 0.6) is 5.88 Å². The number of rotatable bonds is 4. The number of fused-ring (bicyclic) bond motifs is 1. The molecule has 1 fully saturated rings. The molecule has 0 aliphatic heterocycles. The van der Waals surface area contributed by atoms with Crippen molar-refractivity contribution in [3.8, 4) is 11.9 Å². The molecule has 2 unspecified atom stereocenters. The highest BCUT2D eigenvalue weighted by atomic mass is 16.5. The van der Waals surface area contributed by atoms with Crippen LogP contribution in [0.15, 0.2) is 29.3 Å². The molecule has 3 aromatic heterocycles. The van der Waals surface area contributed by atoms with Crippen molar-refractivity contribution >= 4 is 22.8 Å². The molecule has 3 aromatic rings. The summed E-state index contributed by atoms with van der Waals surface area (Å²) in [5.74, 6) is 0.551. The van der Waals surface area contributed by atoms with Crippen LogP contribution in [-0.4, -0.2) is 31.6 Å². The SMILES string of the molecule is COc1ncccc1Nc1ncc2[nH]c(=O)n(C3CCCCC3C#N)c2n1. The summed E-state index contributed by atoms with van der Waals surface area (Å²) in [6.45, 7) is 0. The number of pyridine rings is 1. The lowest BCUT2D eigenvalue weighted by Gasteiger charge is -2.27. The maximum Gasteiger partial charge on any atom is 0.328 e. The molecule has 0 bridgehead atoms. The summed E-state index contributed by atoms with van der Waals surface area (Å²) in [5, 5.41) is 12.6. The summed E-state index contributed by atoms with van der Waals surface area (Å²) in [4.78, 5) is 28.3. The fourth-order valence-corrected chi connectivity index (χ4v) is 3.62. The van der Waals surface area contributed by atoms with E-state index < -0.39 is 0 Å². The first kappa shape index (κ1) is 17.0. The topological polar surface area (TPSA) is 122 Å². The van der Waals surface area contributed by atoms with Gasteiger partial charge < -0.3 is 15.0 Å². The molecule has 0 amide bonds. The van der Waals surface area contributed by atoms with Crippen molar-refractivity contribution in [3.63, 3.8) is 0 Å². The Morgan fingerprint density at radius 3 is 3.04 bits per heavy atom. The van der Waals surface area contributed by atoms with Gasteiger partial charge in [-0.1, -0.05) is 12.8 Å². The molecule has 1 aliphatic carbocycles. The monoisotopic (exact) mass is 365 g/mol. The molecular formula is C18H19N7O2. The second-order valence-corrected chi connectivity index (χ2v) is 6.50. The van der Waals surface area contributed by atoms with E-state index in [1.54, 1.807) is 29.1 Å². The van der Waals surface area contributed by atoms with Crippen molar-refractivity contribution in [2.75, 3.05) is 12.4 Å². The van der Waals surface area contributed by atoms with Crippen molar-refractivity contribution in [2.45, 2.75) is 31.7 Å². The van der Waals surface area contributed by atoms with Crippen molar-refractivity contribution in [3.05, 3.63) is 35.0 Å². The summed E-state index contributed by atoms with van der Waals surface area (Å²) in [6.07, 6.45) is 6.77. The Bertz CT molecular complexity index is 1070. The third-order valence-corrected chi connectivity index (χ3v) is 4.90. The van der Waals surface area contributed by atoms with Gasteiger partial charge >= 0.3 is 5.69 Å². The van der Waals surface area contributed by atoms with E-state index in [2.05, 4.69) is 31.3 Å². The van der Waals surface area contributed by atoms with Crippen LogP contribution < -0.4 is 15.7 Å². The molecule has 0 radical (unpaired) electrons. The van der Waals surface area contributed by atoms with Crippen LogP contribution >= 0.6 is 0 Å². The van der Waals surface area contributed by atoms with Gasteiger partial charge in [0.1, 0.15) is 11.2 Å². The molecule has 3 heterocycles. The Morgan fingerprint density at radius 2 is 2.22 bits per heavy atom. The molecule has 0 saturated heterocycles. The zero-order valence-electron chi connectivity index (χ0n) is 14.8. The first-order chi connectivity index (χ1) is 13.2. The van der Waals surface area contributed by atoms with E-state index in [4.69, 9.17) is 4.74 Å². The molecule has 2 atom stereocenters. The van der Waals surface area contributed by atoms with Crippen molar-refractivity contribution in [1.29, 1.82) is 5.26 Å². The highest BCUT2D eigenvalue weighted by molar-refractivity contribution is 5.72. The number of aromatic nitrogens is 5. The first-order valence-electron chi connectivity index (χ1n) is 8.84. The van der Waals surface area contributed by atoms with E-state index in [1.807, 2.05) is 0 Å². The van der Waals surface area contributed by atoms with E-state index >= 15 is 0 Å². The standard InChI is InChI=1S/C18H19N7O2/c1-27-16-12(6-4-8-20-16)22-17-21-10-13-15(24-17)25(18(26)23-13)14-7-3-2-5-11(14)9-19/h4,6,8,10-11,14H,2-3,5,7H2,1H3,(H,23,26)(H,21,22,24). The Kier molecular flexibility index (Phi) is 4.46. The number of ether oxygens (including phenoxy) is 1. The highest BCUT2D eigenvalue weighted by Crippen LogP contribution is 2.34. The summed E-state index contributed by atoms with van der Waals surface area (Å²) in [6, 6.07) is 5.74. The number of methoxy groups -OCH3 is 1. The first-order valence-corrected chi connectivity index (χ1v) is 8.84. The molecule has 1 saturated carbocycles. The molecule has 27 heavy (non-hydrogen) atoms. The van der Waals surface area contributed by atoms with Gasteiger partial charge in [-0.05, 0) is 25.0 Å². The van der Waals surface area contributed by atoms with Crippen molar-refractivity contribution < 1.29 is 4.74 Å². The number of hydrogen-bond acceptors (Lipinski definition) is 7. The van der Waals surface area contributed by atoms with E-state index in [0.29, 0.717) is 28.7 Å². The van der Waals surface area contributed by atoms with Gasteiger partial charge in [0, 0.05) is 6.20 Å². The minimum Gasteiger partial charge on any atom is -0.480 e. The average Bonchev–Trinajstić information content (AvgIpc) is 3.03. The molecule has 2 N–H and O–H groups in total. The number of anilines is 2. The van der Waals surface area contributed by atoms with Gasteiger partial charge in [-0.15, -0.1) is 0 Å². The second-order valence-electron chi connectivity index (χ2n) is 6.50. The lowest BCUT2D eigenvalue weighted by Crippen LogP contribution is -2.29. The Morgan fingerprint density at radius 1 is 1.37 bits per heavy atom. The predicted molar refractivity (Wildman–Crippen MR) is 98.8 cm³/mol. The quantitative estimate of drug-likeness (QED) is 0.728. The third kappa shape index (κ3) is 3.10. The van der Waals surface area contributed by atoms with E-state index in [-0.39, 0.29) is 17.6 Å². The maximum absolute atomic E-state index is 12.5. The van der Waals surface area contributed by atoms with Crippen LogP contribution in [0.2, 0.25) is 0 Å². The number of nitrogens with one attached hydrogen (secondary N) is 2. The minimum atomic E-state index is -0.262. The zero-order chi connectivity index (χ0) is 18.8. The molecule has 9 nitrogen and oxygen atoms in total. The Labute approximate surface area is 155 Å². The van der Waals surface area contributed by atoms with Crippen LogP contribution in [0.25, 0.3) is 11.2 Å². The lowest BCUT2D eigenvalue weighted by atomic mass is 9.85. The third-order valence-electron chi connectivity index (χ3n) is 4.90. The Balaban J connectivity index is 1.76. The highest BCUT2D eigenvalue weighted by Gasteiger charge is 2.29. The summed E-state index contributed by atoms with van der Waals surface area (Å²) in [7, 11) is 1.53. The van der Waals surface area contributed by atoms with Crippen LogP contribution in [0.1, 0.15) is 31.7 Å².